The molecule has 3 rings (SSSR count). The van der Waals surface area contributed by atoms with Crippen LogP contribution in [0.5, 0.6) is 5.75 Å². The summed E-state index contributed by atoms with van der Waals surface area (Å²) in [5.41, 5.74) is 2.01. The van der Waals surface area contributed by atoms with Gasteiger partial charge in [0.25, 0.3) is 5.24 Å². The molecule has 1 saturated heterocycles. The van der Waals surface area contributed by atoms with E-state index in [0.717, 1.165) is 35.6 Å². The Morgan fingerprint density at radius 2 is 2.24 bits per heavy atom. The van der Waals surface area contributed by atoms with Crippen LogP contribution in [0.2, 0.25) is 0 Å². The molecule has 5 nitrogen and oxygen atoms in total. The molecule has 2 aliphatic heterocycles. The highest BCUT2D eigenvalue weighted by molar-refractivity contribution is 8.13. The SMILES string of the molecule is COc1cccc2c1N(C(=O)CN1CCSC1=O)CCC2. The van der Waals surface area contributed by atoms with Crippen LogP contribution < -0.4 is 9.64 Å². The highest BCUT2D eigenvalue weighted by Gasteiger charge is 2.30. The van der Waals surface area contributed by atoms with E-state index in [0.29, 0.717) is 13.1 Å². The molecule has 0 unspecified atom stereocenters. The van der Waals surface area contributed by atoms with Gasteiger partial charge >= 0.3 is 0 Å². The Morgan fingerprint density at radius 3 is 2.95 bits per heavy atom. The van der Waals surface area contributed by atoms with Gasteiger partial charge in [-0.1, -0.05) is 23.9 Å². The molecule has 0 atom stereocenters. The molecule has 2 aliphatic rings. The summed E-state index contributed by atoms with van der Waals surface area (Å²) in [7, 11) is 1.62. The number of fused-ring (bicyclic) bond motifs is 1. The molecule has 0 bridgehead atoms. The van der Waals surface area contributed by atoms with Crippen molar-refractivity contribution >= 4 is 28.6 Å². The summed E-state index contributed by atoms with van der Waals surface area (Å²) in [4.78, 5) is 27.6. The molecule has 112 valence electrons. The van der Waals surface area contributed by atoms with E-state index in [1.54, 1.807) is 16.9 Å². The molecule has 1 fully saturated rings. The summed E-state index contributed by atoms with van der Waals surface area (Å²) in [6.07, 6.45) is 1.89. The molecule has 0 saturated carbocycles. The Kier molecular flexibility index (Phi) is 4.05. The van der Waals surface area contributed by atoms with E-state index in [1.807, 2.05) is 18.2 Å². The van der Waals surface area contributed by atoms with E-state index in [2.05, 4.69) is 0 Å². The molecule has 1 aromatic carbocycles. The number of amides is 2. The average Bonchev–Trinajstić information content (AvgIpc) is 2.91. The Labute approximate surface area is 128 Å². The highest BCUT2D eigenvalue weighted by atomic mass is 32.2. The van der Waals surface area contributed by atoms with Gasteiger partial charge in [0.1, 0.15) is 12.3 Å². The normalized spacial score (nSPS) is 17.9. The molecule has 0 radical (unpaired) electrons. The Morgan fingerprint density at radius 1 is 1.38 bits per heavy atom. The number of benzene rings is 1. The quantitative estimate of drug-likeness (QED) is 0.858. The van der Waals surface area contributed by atoms with E-state index in [4.69, 9.17) is 4.74 Å². The van der Waals surface area contributed by atoms with Crippen LogP contribution in [0.25, 0.3) is 0 Å². The fourth-order valence-electron chi connectivity index (χ4n) is 2.85. The summed E-state index contributed by atoms with van der Waals surface area (Å²) in [6, 6.07) is 5.86. The van der Waals surface area contributed by atoms with Gasteiger partial charge in [0.05, 0.1) is 12.8 Å². The first-order valence-corrected chi connectivity index (χ1v) is 8.07. The van der Waals surface area contributed by atoms with E-state index in [-0.39, 0.29) is 17.7 Å². The number of para-hydroxylation sites is 1. The zero-order chi connectivity index (χ0) is 14.8. The average molecular weight is 306 g/mol. The number of thioether (sulfide) groups is 1. The molecule has 0 aromatic heterocycles. The standard InChI is InChI=1S/C15H18N2O3S/c1-20-12-6-2-4-11-5-3-7-17(14(11)12)13(18)10-16-8-9-21-15(16)19/h2,4,6H,3,5,7-10H2,1H3. The molecule has 2 heterocycles. The van der Waals surface area contributed by atoms with Crippen molar-refractivity contribution in [2.24, 2.45) is 0 Å². The van der Waals surface area contributed by atoms with Gasteiger partial charge in [-0.2, -0.15) is 0 Å². The predicted molar refractivity (Wildman–Crippen MR) is 83.1 cm³/mol. The van der Waals surface area contributed by atoms with Crippen LogP contribution in [0.4, 0.5) is 10.5 Å². The Balaban J connectivity index is 1.84. The number of carbonyl (C=O) groups is 2. The van der Waals surface area contributed by atoms with Gasteiger partial charge in [-0.05, 0) is 24.5 Å². The molecule has 0 aliphatic carbocycles. The largest absolute Gasteiger partial charge is 0.495 e. The van der Waals surface area contributed by atoms with Crippen molar-refractivity contribution in [2.75, 3.05) is 37.4 Å². The van der Waals surface area contributed by atoms with Crippen LogP contribution in [0, 0.1) is 0 Å². The van der Waals surface area contributed by atoms with Gasteiger partial charge in [-0.3, -0.25) is 9.59 Å². The molecule has 21 heavy (non-hydrogen) atoms. The lowest BCUT2D eigenvalue weighted by atomic mass is 10.0. The van der Waals surface area contributed by atoms with Crippen molar-refractivity contribution in [1.82, 2.24) is 4.90 Å². The van der Waals surface area contributed by atoms with Crippen molar-refractivity contribution in [2.45, 2.75) is 12.8 Å². The Hall–Kier alpha value is -1.69. The lowest BCUT2D eigenvalue weighted by Crippen LogP contribution is -2.43. The van der Waals surface area contributed by atoms with Crippen LogP contribution in [0.3, 0.4) is 0 Å². The smallest absolute Gasteiger partial charge is 0.282 e. The molecular formula is C15H18N2O3S. The number of methoxy groups -OCH3 is 1. The number of hydrogen-bond donors (Lipinski definition) is 0. The second kappa shape index (κ2) is 5.97. The number of rotatable bonds is 3. The predicted octanol–water partition coefficient (Wildman–Crippen LogP) is 2.14. The van der Waals surface area contributed by atoms with Gasteiger partial charge in [0, 0.05) is 18.8 Å². The maximum absolute atomic E-state index is 12.6. The van der Waals surface area contributed by atoms with Gasteiger partial charge in [0.15, 0.2) is 0 Å². The van der Waals surface area contributed by atoms with E-state index in [9.17, 15) is 9.59 Å². The fraction of sp³-hybridized carbons (Fsp3) is 0.467. The number of aryl methyl sites for hydroxylation is 1. The molecule has 1 aromatic rings. The molecule has 6 heteroatoms. The molecule has 0 spiro atoms. The highest BCUT2D eigenvalue weighted by Crippen LogP contribution is 2.36. The minimum absolute atomic E-state index is 0.000564. The number of anilines is 1. The Bertz CT molecular complexity index is 562. The maximum Gasteiger partial charge on any atom is 0.282 e. The van der Waals surface area contributed by atoms with Crippen molar-refractivity contribution in [3.63, 3.8) is 0 Å². The third kappa shape index (κ3) is 2.72. The molecule has 2 amide bonds. The number of nitrogens with zero attached hydrogens (tertiary/aromatic N) is 2. The van der Waals surface area contributed by atoms with Crippen molar-refractivity contribution < 1.29 is 14.3 Å². The van der Waals surface area contributed by atoms with Crippen molar-refractivity contribution in [1.29, 1.82) is 0 Å². The van der Waals surface area contributed by atoms with Crippen LogP contribution in [-0.4, -0.2) is 48.5 Å². The summed E-state index contributed by atoms with van der Waals surface area (Å²) in [5.74, 6) is 1.46. The summed E-state index contributed by atoms with van der Waals surface area (Å²) >= 11 is 1.28. The van der Waals surface area contributed by atoms with Crippen LogP contribution in [0.1, 0.15) is 12.0 Å². The van der Waals surface area contributed by atoms with Gasteiger partial charge in [-0.25, -0.2) is 0 Å². The van der Waals surface area contributed by atoms with Crippen LogP contribution >= 0.6 is 11.8 Å². The molecular weight excluding hydrogens is 288 g/mol. The van der Waals surface area contributed by atoms with Crippen molar-refractivity contribution in [3.8, 4) is 5.75 Å². The summed E-state index contributed by atoms with van der Waals surface area (Å²) in [5, 5.41) is 0.000564. The maximum atomic E-state index is 12.6. The monoisotopic (exact) mass is 306 g/mol. The summed E-state index contributed by atoms with van der Waals surface area (Å²) in [6.45, 7) is 1.49. The summed E-state index contributed by atoms with van der Waals surface area (Å²) < 4.78 is 5.41. The first-order chi connectivity index (χ1) is 10.2. The van der Waals surface area contributed by atoms with Gasteiger partial charge in [-0.15, -0.1) is 0 Å². The van der Waals surface area contributed by atoms with E-state index in [1.165, 1.54) is 11.8 Å². The first kappa shape index (κ1) is 14.3. The van der Waals surface area contributed by atoms with E-state index < -0.39 is 0 Å². The topological polar surface area (TPSA) is 49.9 Å². The zero-order valence-electron chi connectivity index (χ0n) is 12.0. The minimum atomic E-state index is -0.0312. The fourth-order valence-corrected chi connectivity index (χ4v) is 3.67. The second-order valence-electron chi connectivity index (χ2n) is 5.15. The lowest BCUT2D eigenvalue weighted by Gasteiger charge is -2.32. The third-order valence-electron chi connectivity index (χ3n) is 3.87. The van der Waals surface area contributed by atoms with Gasteiger partial charge < -0.3 is 14.5 Å². The van der Waals surface area contributed by atoms with Crippen molar-refractivity contribution in [3.05, 3.63) is 23.8 Å². The van der Waals surface area contributed by atoms with Crippen LogP contribution in [0.15, 0.2) is 18.2 Å². The third-order valence-corrected chi connectivity index (χ3v) is 4.76. The first-order valence-electron chi connectivity index (χ1n) is 7.08. The minimum Gasteiger partial charge on any atom is -0.495 e. The number of ether oxygens (including phenoxy) is 1. The zero-order valence-corrected chi connectivity index (χ0v) is 12.8. The van der Waals surface area contributed by atoms with E-state index >= 15 is 0 Å². The number of hydrogen-bond acceptors (Lipinski definition) is 4. The second-order valence-corrected chi connectivity index (χ2v) is 6.20. The van der Waals surface area contributed by atoms with Crippen LogP contribution in [-0.2, 0) is 11.2 Å². The number of carbonyl (C=O) groups excluding carboxylic acids is 2. The lowest BCUT2D eigenvalue weighted by molar-refractivity contribution is -0.119. The van der Waals surface area contributed by atoms with Gasteiger partial charge in [0.2, 0.25) is 5.91 Å². The molecule has 0 N–H and O–H groups in total.